The van der Waals surface area contributed by atoms with Gasteiger partial charge in [0.2, 0.25) is 17.7 Å². The smallest absolute Gasteiger partial charge is 0.403 e. The minimum atomic E-state index is -4.46. The highest BCUT2D eigenvalue weighted by atomic mass is 28.1. The number of hydrogen-bond acceptors (Lipinski definition) is 7. The van der Waals surface area contributed by atoms with Gasteiger partial charge >= 0.3 is 12.2 Å². The lowest BCUT2D eigenvalue weighted by molar-refractivity contribution is -0.138. The van der Waals surface area contributed by atoms with Gasteiger partial charge in [-0.2, -0.15) is 13.2 Å². The van der Waals surface area contributed by atoms with E-state index in [1.54, 1.807) is 11.8 Å². The highest BCUT2D eigenvalue weighted by molar-refractivity contribution is 6.19. The molecule has 2 aliphatic rings. The topological polar surface area (TPSA) is 100 Å². The van der Waals surface area contributed by atoms with Crippen LogP contribution in [0.5, 0.6) is 0 Å². The van der Waals surface area contributed by atoms with Crippen LogP contribution < -0.4 is 15.5 Å². The summed E-state index contributed by atoms with van der Waals surface area (Å²) in [7, 11) is 3.61. The Labute approximate surface area is 216 Å². The van der Waals surface area contributed by atoms with E-state index in [2.05, 4.69) is 31.1 Å². The molecule has 1 unspecified atom stereocenters. The predicted molar refractivity (Wildman–Crippen MR) is 125 cm³/mol. The van der Waals surface area contributed by atoms with E-state index >= 15 is 0 Å². The number of benzene rings is 2. The molecule has 3 heterocycles. The fourth-order valence-corrected chi connectivity index (χ4v) is 4.95. The lowest BCUT2D eigenvalue weighted by atomic mass is 9.88. The number of rotatable bonds is 5. The molecule has 0 saturated carbocycles. The van der Waals surface area contributed by atoms with Crippen molar-refractivity contribution in [2.75, 3.05) is 16.8 Å². The molecule has 2 saturated heterocycles. The standard InChI is InChI=1S/C24H19F5N5O3Si/c1-23(38)17(30-22-33-32-21(37-22)11-2-4-12(5-3-11)24(27,28)29)10-34(23)13-8-15(25)19(16(26)9-13)14-6-7-18(35)31-20(14)36/h2-5,8-9,14,17H,6-7,10H2,1H3,(H,30,33)(H,31,35,36)/t14?,17-,23-/m0/s1. The van der Waals surface area contributed by atoms with Crippen LogP contribution in [-0.2, 0) is 15.8 Å². The third kappa shape index (κ3) is 4.63. The molecule has 197 valence electrons. The van der Waals surface area contributed by atoms with Gasteiger partial charge in [0.25, 0.3) is 0 Å². The van der Waals surface area contributed by atoms with Crippen LogP contribution in [0.25, 0.3) is 11.5 Å². The normalized spacial score (nSPS) is 23.7. The summed E-state index contributed by atoms with van der Waals surface area (Å²) in [5, 5.41) is 12.0. The van der Waals surface area contributed by atoms with Gasteiger partial charge in [-0.3, -0.25) is 14.9 Å². The van der Waals surface area contributed by atoms with E-state index in [1.165, 1.54) is 12.1 Å². The van der Waals surface area contributed by atoms with E-state index in [0.29, 0.717) is 5.56 Å². The first-order chi connectivity index (χ1) is 17.8. The quantitative estimate of drug-likeness (QED) is 0.285. The second-order valence-electron chi connectivity index (χ2n) is 9.27. The van der Waals surface area contributed by atoms with E-state index < -0.39 is 46.3 Å². The Kier molecular flexibility index (Phi) is 6.24. The van der Waals surface area contributed by atoms with E-state index in [0.717, 1.165) is 24.3 Å². The minimum absolute atomic E-state index is 0.00798. The van der Waals surface area contributed by atoms with Crippen molar-refractivity contribution in [3.63, 3.8) is 0 Å². The lowest BCUT2D eigenvalue weighted by Crippen LogP contribution is -2.72. The third-order valence-electron chi connectivity index (χ3n) is 6.75. The first kappa shape index (κ1) is 25.8. The van der Waals surface area contributed by atoms with E-state index in [4.69, 9.17) is 4.42 Å². The van der Waals surface area contributed by atoms with E-state index in [9.17, 15) is 31.5 Å². The van der Waals surface area contributed by atoms with Crippen molar-refractivity contribution in [1.82, 2.24) is 15.5 Å². The molecule has 0 spiro atoms. The Morgan fingerprint density at radius 3 is 2.37 bits per heavy atom. The summed E-state index contributed by atoms with van der Waals surface area (Å²) in [5.41, 5.74) is -0.660. The average Bonchev–Trinajstić information content (AvgIpc) is 3.31. The van der Waals surface area contributed by atoms with Gasteiger partial charge in [0.1, 0.15) is 11.6 Å². The maximum absolute atomic E-state index is 15.0. The van der Waals surface area contributed by atoms with Crippen molar-refractivity contribution in [1.29, 1.82) is 0 Å². The van der Waals surface area contributed by atoms with Crippen molar-refractivity contribution < 1.29 is 36.0 Å². The van der Waals surface area contributed by atoms with Crippen LogP contribution in [0, 0.1) is 11.6 Å². The van der Waals surface area contributed by atoms with E-state index in [-0.39, 0.29) is 48.6 Å². The van der Waals surface area contributed by atoms with Crippen LogP contribution in [-0.4, -0.2) is 50.0 Å². The summed E-state index contributed by atoms with van der Waals surface area (Å²) in [6, 6.07) is 6.19. The monoisotopic (exact) mass is 548 g/mol. The van der Waals surface area contributed by atoms with Gasteiger partial charge in [0.05, 0.1) is 27.8 Å². The molecular formula is C24H19F5N5O3Si. The van der Waals surface area contributed by atoms with Gasteiger partial charge in [-0.1, -0.05) is 5.10 Å². The molecule has 2 aromatic carbocycles. The summed E-state index contributed by atoms with van der Waals surface area (Å²) in [6.07, 6.45) is -4.46. The van der Waals surface area contributed by atoms with Crippen LogP contribution in [0.4, 0.5) is 33.7 Å². The van der Waals surface area contributed by atoms with Gasteiger partial charge < -0.3 is 14.6 Å². The number of carbonyl (C=O) groups excluding carboxylic acids is 2. The molecule has 0 aliphatic carbocycles. The van der Waals surface area contributed by atoms with Gasteiger partial charge in [-0.25, -0.2) is 8.78 Å². The number of anilines is 2. The number of piperidine rings is 1. The highest BCUT2D eigenvalue weighted by Gasteiger charge is 2.47. The SMILES string of the molecule is C[C@]1([Si])[C@@H](Nc2nnc(-c3ccc(C(F)(F)F)cc3)o2)CN1c1cc(F)c(C2CCC(=O)NC2=O)c(F)c1. The second kappa shape index (κ2) is 9.18. The number of aromatic nitrogens is 2. The molecule has 14 heteroatoms. The molecule has 38 heavy (non-hydrogen) atoms. The molecular weight excluding hydrogens is 529 g/mol. The van der Waals surface area contributed by atoms with Crippen molar-refractivity contribution in [2.24, 2.45) is 0 Å². The van der Waals surface area contributed by atoms with Crippen LogP contribution in [0.2, 0.25) is 0 Å². The van der Waals surface area contributed by atoms with E-state index in [1.807, 2.05) is 0 Å². The van der Waals surface area contributed by atoms with Gasteiger partial charge in [-0.05, 0) is 49.7 Å². The highest BCUT2D eigenvalue weighted by Crippen LogP contribution is 2.39. The fraction of sp³-hybridized carbons (Fsp3) is 0.333. The zero-order chi connectivity index (χ0) is 27.4. The zero-order valence-corrected chi connectivity index (χ0v) is 20.7. The van der Waals surface area contributed by atoms with Crippen molar-refractivity contribution in [2.45, 2.75) is 43.1 Å². The summed E-state index contributed by atoms with van der Waals surface area (Å²) in [5.74, 6) is -4.09. The Morgan fingerprint density at radius 2 is 1.79 bits per heavy atom. The summed E-state index contributed by atoms with van der Waals surface area (Å²) in [6.45, 7) is 2.02. The Balaban J connectivity index is 1.28. The number of nitrogens with one attached hydrogen (secondary N) is 2. The van der Waals surface area contributed by atoms with Crippen molar-refractivity contribution in [3.8, 4) is 11.5 Å². The Bertz CT molecular complexity index is 1390. The number of carbonyl (C=O) groups is 2. The molecule has 2 amide bonds. The van der Waals surface area contributed by atoms with Gasteiger partial charge in [0, 0.05) is 34.9 Å². The molecule has 5 rings (SSSR count). The zero-order valence-electron chi connectivity index (χ0n) is 19.7. The van der Waals surface area contributed by atoms with Gasteiger partial charge in [0.15, 0.2) is 0 Å². The van der Waals surface area contributed by atoms with Crippen LogP contribution in [0.3, 0.4) is 0 Å². The molecule has 3 aromatic rings. The van der Waals surface area contributed by atoms with Crippen LogP contribution in [0.15, 0.2) is 40.8 Å². The molecule has 2 aliphatic heterocycles. The third-order valence-corrected chi connectivity index (χ3v) is 7.37. The number of halogens is 5. The Hall–Kier alpha value is -3.81. The number of hydrogen-bond donors (Lipinski definition) is 2. The summed E-state index contributed by atoms with van der Waals surface area (Å²) < 4.78 is 73.8. The minimum Gasteiger partial charge on any atom is -0.403 e. The molecule has 3 radical (unpaired) electrons. The maximum atomic E-state index is 15.0. The maximum Gasteiger partial charge on any atom is 0.416 e. The first-order valence-corrected chi connectivity index (χ1v) is 12.0. The molecule has 1 aromatic heterocycles. The average molecular weight is 549 g/mol. The number of amides is 2. The first-order valence-electron chi connectivity index (χ1n) is 11.5. The summed E-state index contributed by atoms with van der Waals surface area (Å²) >= 11 is 0. The van der Waals surface area contributed by atoms with Crippen molar-refractivity contribution >= 4 is 33.8 Å². The van der Waals surface area contributed by atoms with Gasteiger partial charge in [-0.15, -0.1) is 5.10 Å². The molecule has 2 fully saturated rings. The van der Waals surface area contributed by atoms with Crippen LogP contribution in [0.1, 0.15) is 36.8 Å². The summed E-state index contributed by atoms with van der Waals surface area (Å²) in [4.78, 5) is 25.2. The number of nitrogens with zero attached hydrogens (tertiary/aromatic N) is 3. The largest absolute Gasteiger partial charge is 0.416 e. The molecule has 0 bridgehead atoms. The molecule has 2 N–H and O–H groups in total. The Morgan fingerprint density at radius 1 is 1.13 bits per heavy atom. The van der Waals surface area contributed by atoms with Crippen LogP contribution >= 0.6 is 0 Å². The van der Waals surface area contributed by atoms with Crippen molar-refractivity contribution in [3.05, 3.63) is 59.2 Å². The predicted octanol–water partition coefficient (Wildman–Crippen LogP) is 3.74. The fourth-order valence-electron chi connectivity index (χ4n) is 4.56. The number of alkyl halides is 3. The molecule has 8 nitrogen and oxygen atoms in total. The molecule has 3 atom stereocenters. The number of imide groups is 1. The second-order valence-corrected chi connectivity index (χ2v) is 10.3. The lowest BCUT2D eigenvalue weighted by Gasteiger charge is -2.56.